The summed E-state index contributed by atoms with van der Waals surface area (Å²) in [7, 11) is -4.18. The summed E-state index contributed by atoms with van der Waals surface area (Å²) in [5.74, 6) is -0.940. The number of carboxylic acids is 1. The SMILES string of the molecule is CCCOc1cc(CC(=O)O)cc(S(=O)(=O)c2cccc(-c3ccccc3C(F)(F)F)c2)c1. The molecule has 3 rings (SSSR count). The minimum Gasteiger partial charge on any atom is -0.494 e. The van der Waals surface area contributed by atoms with Crippen LogP contribution in [0.4, 0.5) is 13.2 Å². The Kier molecular flexibility index (Phi) is 7.12. The first-order chi connectivity index (χ1) is 15.5. The van der Waals surface area contributed by atoms with Gasteiger partial charge in [-0.25, -0.2) is 8.42 Å². The Labute approximate surface area is 189 Å². The monoisotopic (exact) mass is 478 g/mol. The van der Waals surface area contributed by atoms with Gasteiger partial charge < -0.3 is 9.84 Å². The lowest BCUT2D eigenvalue weighted by molar-refractivity contribution is -0.137. The standard InChI is InChI=1S/C24H21F3O5S/c1-2-10-32-18-11-16(13-23(28)29)12-20(15-18)33(30,31)19-7-5-6-17(14-19)21-8-3-4-9-22(21)24(25,26)27/h3-9,11-12,14-15H,2,10,13H2,1H3,(H,28,29). The smallest absolute Gasteiger partial charge is 0.417 e. The Balaban J connectivity index is 2.10. The molecule has 0 unspecified atom stereocenters. The number of ether oxygens (including phenoxy) is 1. The molecule has 3 aromatic rings. The van der Waals surface area contributed by atoms with Crippen LogP contribution in [0, 0.1) is 0 Å². The molecule has 0 aliphatic rings. The van der Waals surface area contributed by atoms with E-state index in [1.54, 1.807) is 0 Å². The average molecular weight is 478 g/mol. The van der Waals surface area contributed by atoms with Crippen molar-refractivity contribution in [3.05, 3.63) is 77.9 Å². The van der Waals surface area contributed by atoms with Gasteiger partial charge in [0.25, 0.3) is 0 Å². The highest BCUT2D eigenvalue weighted by atomic mass is 32.2. The fourth-order valence-corrected chi connectivity index (χ4v) is 4.70. The van der Waals surface area contributed by atoms with Gasteiger partial charge in [0.2, 0.25) is 9.84 Å². The zero-order chi connectivity index (χ0) is 24.2. The largest absolute Gasteiger partial charge is 0.494 e. The average Bonchev–Trinajstić information content (AvgIpc) is 2.76. The summed E-state index contributed by atoms with van der Waals surface area (Å²) in [5, 5.41) is 9.12. The second kappa shape index (κ2) is 9.66. The first-order valence-corrected chi connectivity index (χ1v) is 11.5. The lowest BCUT2D eigenvalue weighted by atomic mass is 9.99. The van der Waals surface area contributed by atoms with E-state index in [0.717, 1.165) is 6.07 Å². The summed E-state index contributed by atoms with van der Waals surface area (Å²) in [4.78, 5) is 10.7. The van der Waals surface area contributed by atoms with Crippen LogP contribution in [0.2, 0.25) is 0 Å². The van der Waals surface area contributed by atoms with E-state index >= 15 is 0 Å². The van der Waals surface area contributed by atoms with Gasteiger partial charge in [-0.05, 0) is 59.5 Å². The molecule has 33 heavy (non-hydrogen) atoms. The Bertz CT molecular complexity index is 1270. The third-order valence-corrected chi connectivity index (χ3v) is 6.50. The molecule has 9 heteroatoms. The number of benzene rings is 3. The predicted molar refractivity (Wildman–Crippen MR) is 116 cm³/mol. The molecule has 5 nitrogen and oxygen atoms in total. The summed E-state index contributed by atoms with van der Waals surface area (Å²) in [6.45, 7) is 2.17. The molecule has 0 bridgehead atoms. The van der Waals surface area contributed by atoms with Crippen molar-refractivity contribution < 1.29 is 36.2 Å². The summed E-state index contributed by atoms with van der Waals surface area (Å²) in [6, 6.07) is 14.1. The van der Waals surface area contributed by atoms with E-state index in [1.165, 1.54) is 60.7 Å². The van der Waals surface area contributed by atoms with Crippen molar-refractivity contribution in [2.24, 2.45) is 0 Å². The fourth-order valence-electron chi connectivity index (χ4n) is 3.31. The van der Waals surface area contributed by atoms with Crippen LogP contribution in [-0.4, -0.2) is 26.1 Å². The van der Waals surface area contributed by atoms with Gasteiger partial charge in [0, 0.05) is 0 Å². The van der Waals surface area contributed by atoms with Crippen LogP contribution in [0.15, 0.2) is 76.5 Å². The number of hydrogen-bond acceptors (Lipinski definition) is 4. The Morgan fingerprint density at radius 3 is 2.36 bits per heavy atom. The van der Waals surface area contributed by atoms with E-state index in [4.69, 9.17) is 9.84 Å². The summed E-state index contributed by atoms with van der Waals surface area (Å²) in [6.07, 6.45) is -4.36. The highest BCUT2D eigenvalue weighted by Crippen LogP contribution is 2.38. The third-order valence-electron chi connectivity index (χ3n) is 4.77. The van der Waals surface area contributed by atoms with Crippen molar-refractivity contribution in [3.63, 3.8) is 0 Å². The number of alkyl halides is 3. The minimum atomic E-state index is -4.61. The molecule has 0 fully saturated rings. The summed E-state index contributed by atoms with van der Waals surface area (Å²) in [5.41, 5.74) is -0.701. The number of rotatable bonds is 8. The maximum atomic E-state index is 13.4. The predicted octanol–water partition coefficient (Wildman–Crippen LogP) is 5.62. The molecular weight excluding hydrogens is 457 g/mol. The second-order valence-corrected chi connectivity index (χ2v) is 9.26. The van der Waals surface area contributed by atoms with Gasteiger partial charge in [0.1, 0.15) is 5.75 Å². The number of carboxylic acid groups (broad SMARTS) is 1. The van der Waals surface area contributed by atoms with E-state index in [2.05, 4.69) is 0 Å². The molecular formula is C24H21F3O5S. The highest BCUT2D eigenvalue weighted by molar-refractivity contribution is 7.91. The van der Waals surface area contributed by atoms with E-state index in [0.29, 0.717) is 13.0 Å². The third kappa shape index (κ3) is 5.73. The van der Waals surface area contributed by atoms with Crippen LogP contribution in [0.5, 0.6) is 5.75 Å². The second-order valence-electron chi connectivity index (χ2n) is 7.31. The summed E-state index contributed by atoms with van der Waals surface area (Å²) < 4.78 is 72.5. The Morgan fingerprint density at radius 2 is 1.70 bits per heavy atom. The van der Waals surface area contributed by atoms with Gasteiger partial charge in [-0.2, -0.15) is 13.2 Å². The lowest BCUT2D eigenvalue weighted by Crippen LogP contribution is -2.08. The molecule has 0 aliphatic carbocycles. The molecule has 0 heterocycles. The molecule has 0 saturated heterocycles. The normalized spacial score (nSPS) is 11.9. The Morgan fingerprint density at radius 1 is 0.970 bits per heavy atom. The van der Waals surface area contributed by atoms with Gasteiger partial charge in [-0.15, -0.1) is 0 Å². The van der Waals surface area contributed by atoms with Gasteiger partial charge in [0.15, 0.2) is 0 Å². The van der Waals surface area contributed by atoms with E-state index in [1.807, 2.05) is 6.92 Å². The van der Waals surface area contributed by atoms with E-state index in [9.17, 15) is 26.4 Å². The summed E-state index contributed by atoms with van der Waals surface area (Å²) >= 11 is 0. The van der Waals surface area contributed by atoms with Crippen LogP contribution in [-0.2, 0) is 27.2 Å². The van der Waals surface area contributed by atoms with Crippen molar-refractivity contribution in [1.29, 1.82) is 0 Å². The lowest BCUT2D eigenvalue weighted by Gasteiger charge is -2.14. The van der Waals surface area contributed by atoms with Crippen molar-refractivity contribution in [2.75, 3.05) is 6.61 Å². The number of carbonyl (C=O) groups is 1. The molecule has 0 aliphatic heterocycles. The first-order valence-electron chi connectivity index (χ1n) is 10.0. The van der Waals surface area contributed by atoms with Crippen LogP contribution >= 0.6 is 0 Å². The Hall–Kier alpha value is -3.33. The minimum absolute atomic E-state index is 0.0909. The first kappa shape index (κ1) is 24.3. The van der Waals surface area contributed by atoms with Crippen LogP contribution in [0.25, 0.3) is 11.1 Å². The maximum Gasteiger partial charge on any atom is 0.417 e. The molecule has 0 atom stereocenters. The maximum absolute atomic E-state index is 13.4. The van der Waals surface area contributed by atoms with Crippen molar-refractivity contribution in [2.45, 2.75) is 35.7 Å². The van der Waals surface area contributed by atoms with Gasteiger partial charge in [-0.1, -0.05) is 37.3 Å². The van der Waals surface area contributed by atoms with Crippen molar-refractivity contribution >= 4 is 15.8 Å². The zero-order valence-electron chi connectivity index (χ0n) is 17.6. The molecule has 0 amide bonds. The van der Waals surface area contributed by atoms with Gasteiger partial charge in [-0.3, -0.25) is 4.79 Å². The molecule has 174 valence electrons. The molecule has 0 spiro atoms. The van der Waals surface area contributed by atoms with Gasteiger partial charge in [0.05, 0.1) is 28.4 Å². The van der Waals surface area contributed by atoms with Crippen LogP contribution < -0.4 is 4.74 Å². The highest BCUT2D eigenvalue weighted by Gasteiger charge is 2.33. The molecule has 3 aromatic carbocycles. The number of hydrogen-bond donors (Lipinski definition) is 1. The number of aliphatic carboxylic acids is 1. The molecule has 0 aromatic heterocycles. The topological polar surface area (TPSA) is 80.7 Å². The molecule has 0 saturated carbocycles. The quantitative estimate of drug-likeness (QED) is 0.455. The van der Waals surface area contributed by atoms with Crippen LogP contribution in [0.3, 0.4) is 0 Å². The van der Waals surface area contributed by atoms with Gasteiger partial charge >= 0.3 is 12.1 Å². The number of sulfone groups is 1. The van der Waals surface area contributed by atoms with E-state index in [-0.39, 0.29) is 32.2 Å². The fraction of sp³-hybridized carbons (Fsp3) is 0.208. The molecule has 1 N–H and O–H groups in total. The number of halogens is 3. The zero-order valence-corrected chi connectivity index (χ0v) is 18.4. The van der Waals surface area contributed by atoms with E-state index < -0.39 is 34.0 Å². The van der Waals surface area contributed by atoms with Crippen molar-refractivity contribution in [3.8, 4) is 16.9 Å². The van der Waals surface area contributed by atoms with Crippen LogP contribution in [0.1, 0.15) is 24.5 Å². The van der Waals surface area contributed by atoms with Crippen molar-refractivity contribution in [1.82, 2.24) is 0 Å². The molecule has 0 radical (unpaired) electrons.